The van der Waals surface area contributed by atoms with Gasteiger partial charge in [-0.3, -0.25) is 0 Å². The lowest BCUT2D eigenvalue weighted by molar-refractivity contribution is 0.668. The number of hydrogen-bond donors (Lipinski definition) is 0. The van der Waals surface area contributed by atoms with Crippen LogP contribution >= 0.6 is 0 Å². The third-order valence-electron chi connectivity index (χ3n) is 12.0. The summed E-state index contributed by atoms with van der Waals surface area (Å²) in [7, 11) is 0. The van der Waals surface area contributed by atoms with Gasteiger partial charge in [-0.25, -0.2) is 0 Å². The lowest BCUT2D eigenvalue weighted by atomic mass is 9.77. The van der Waals surface area contributed by atoms with Crippen molar-refractivity contribution < 1.29 is 4.42 Å². The molecule has 60 heavy (non-hydrogen) atoms. The van der Waals surface area contributed by atoms with E-state index in [1.807, 2.05) is 0 Å². The summed E-state index contributed by atoms with van der Waals surface area (Å²) in [5.41, 5.74) is 17.1. The van der Waals surface area contributed by atoms with Crippen LogP contribution in [-0.2, 0) is 0 Å². The van der Waals surface area contributed by atoms with E-state index in [0.29, 0.717) is 11.8 Å². The minimum Gasteiger partial charge on any atom is -0.456 e. The molecule has 2 unspecified atom stereocenters. The molecule has 0 saturated carbocycles. The second-order valence-electron chi connectivity index (χ2n) is 15.7. The molecule has 284 valence electrons. The quantitative estimate of drug-likeness (QED) is 0.153. The molecule has 1 heterocycles. The summed E-state index contributed by atoms with van der Waals surface area (Å²) in [6.07, 6.45) is 15.7. The van der Waals surface area contributed by atoms with E-state index in [0.717, 1.165) is 50.1 Å². The van der Waals surface area contributed by atoms with Crippen molar-refractivity contribution in [1.29, 1.82) is 0 Å². The first kappa shape index (κ1) is 35.5. The lowest BCUT2D eigenvalue weighted by Crippen LogP contribution is -2.14. The van der Waals surface area contributed by atoms with Crippen molar-refractivity contribution in [3.8, 4) is 44.5 Å². The maximum Gasteiger partial charge on any atom is 0.135 e. The predicted octanol–water partition coefficient (Wildman–Crippen LogP) is 16.0. The molecule has 0 spiro atoms. The van der Waals surface area contributed by atoms with Crippen molar-refractivity contribution in [1.82, 2.24) is 0 Å². The molecule has 8 aromatic carbocycles. The Balaban J connectivity index is 0.922. The van der Waals surface area contributed by atoms with Crippen LogP contribution in [0.5, 0.6) is 0 Å². The smallest absolute Gasteiger partial charge is 0.135 e. The highest BCUT2D eigenvalue weighted by atomic mass is 16.3. The van der Waals surface area contributed by atoms with Crippen molar-refractivity contribution in [2.75, 3.05) is 4.90 Å². The zero-order valence-electron chi connectivity index (χ0n) is 33.0. The number of fused-ring (bicyclic) bond motifs is 4. The predicted molar refractivity (Wildman–Crippen MR) is 253 cm³/mol. The van der Waals surface area contributed by atoms with Crippen molar-refractivity contribution in [3.63, 3.8) is 0 Å². The standard InChI is InChI=1S/C58H41NO/c1-3-12-40(13-4-1)42-28-32-50(33-29-42)59(51-20-9-18-46(36-51)41-14-5-2-6-15-41)52-21-10-19-47(37-52)43-24-26-44(27-25-43)48-30-34-57-55(38-48)56-39-49(31-35-58(56)60-57)54-23-11-17-45-16-7-8-22-53(45)54/h1-39,45,53H. The number of rotatable bonds is 8. The average Bonchev–Trinajstić information content (AvgIpc) is 3.70. The van der Waals surface area contributed by atoms with E-state index in [9.17, 15) is 0 Å². The minimum atomic E-state index is 0.353. The van der Waals surface area contributed by atoms with Crippen LogP contribution in [0.2, 0.25) is 0 Å². The van der Waals surface area contributed by atoms with Crippen molar-refractivity contribution >= 4 is 44.6 Å². The Morgan fingerprint density at radius 3 is 1.42 bits per heavy atom. The average molecular weight is 768 g/mol. The van der Waals surface area contributed by atoms with Gasteiger partial charge in [0.15, 0.2) is 0 Å². The third kappa shape index (κ3) is 6.68. The van der Waals surface area contributed by atoms with Gasteiger partial charge < -0.3 is 9.32 Å². The molecule has 2 atom stereocenters. The summed E-state index contributed by atoms with van der Waals surface area (Å²) in [5, 5.41) is 2.28. The zero-order chi connectivity index (χ0) is 39.8. The molecule has 0 bridgehead atoms. The number of hydrogen-bond acceptors (Lipinski definition) is 2. The molecule has 0 N–H and O–H groups in total. The van der Waals surface area contributed by atoms with Crippen LogP contribution in [0, 0.1) is 11.8 Å². The fraction of sp³-hybridized carbons (Fsp3) is 0.0345. The van der Waals surface area contributed by atoms with Gasteiger partial charge in [0.25, 0.3) is 0 Å². The van der Waals surface area contributed by atoms with Crippen LogP contribution in [-0.4, -0.2) is 0 Å². The number of furan rings is 1. The number of nitrogens with zero attached hydrogens (tertiary/aromatic N) is 1. The second kappa shape index (κ2) is 15.2. The highest BCUT2D eigenvalue weighted by molar-refractivity contribution is 6.07. The fourth-order valence-corrected chi connectivity index (χ4v) is 8.96. The highest BCUT2D eigenvalue weighted by Crippen LogP contribution is 2.42. The molecular formula is C58H41NO. The van der Waals surface area contributed by atoms with Crippen molar-refractivity contribution in [2.24, 2.45) is 11.8 Å². The molecule has 0 radical (unpaired) electrons. The van der Waals surface area contributed by atoms with E-state index >= 15 is 0 Å². The Bertz CT molecular complexity index is 3130. The molecular weight excluding hydrogens is 727 g/mol. The number of allylic oxidation sites excluding steroid dienone is 8. The summed E-state index contributed by atoms with van der Waals surface area (Å²) in [6, 6.07) is 69.9. The van der Waals surface area contributed by atoms with Crippen LogP contribution in [0.25, 0.3) is 72.0 Å². The Labute approximate surface area is 351 Å². The van der Waals surface area contributed by atoms with Gasteiger partial charge in [0.05, 0.1) is 0 Å². The Hall–Kier alpha value is -7.68. The van der Waals surface area contributed by atoms with Gasteiger partial charge in [-0.1, -0.05) is 176 Å². The van der Waals surface area contributed by atoms with E-state index in [2.05, 4.69) is 242 Å². The topological polar surface area (TPSA) is 16.4 Å². The van der Waals surface area contributed by atoms with E-state index in [1.54, 1.807) is 0 Å². The monoisotopic (exact) mass is 767 g/mol. The fourth-order valence-electron chi connectivity index (χ4n) is 8.96. The summed E-state index contributed by atoms with van der Waals surface area (Å²) >= 11 is 0. The first-order valence-electron chi connectivity index (χ1n) is 20.7. The first-order chi connectivity index (χ1) is 29.7. The summed E-state index contributed by atoms with van der Waals surface area (Å²) in [6.45, 7) is 0. The molecule has 2 heteroatoms. The van der Waals surface area contributed by atoms with Gasteiger partial charge >= 0.3 is 0 Å². The zero-order valence-corrected chi connectivity index (χ0v) is 33.0. The van der Waals surface area contributed by atoms with Crippen LogP contribution in [0.1, 0.15) is 5.56 Å². The molecule has 1 aromatic heterocycles. The molecule has 11 rings (SSSR count). The van der Waals surface area contributed by atoms with Gasteiger partial charge in [0.1, 0.15) is 11.2 Å². The summed E-state index contributed by atoms with van der Waals surface area (Å²) in [4.78, 5) is 2.36. The molecule has 0 saturated heterocycles. The maximum atomic E-state index is 6.36. The van der Waals surface area contributed by atoms with Gasteiger partial charge in [-0.2, -0.15) is 0 Å². The van der Waals surface area contributed by atoms with Crippen LogP contribution in [0.4, 0.5) is 17.1 Å². The van der Waals surface area contributed by atoms with Gasteiger partial charge in [-0.05, 0) is 116 Å². The number of benzene rings is 8. The number of anilines is 3. The molecule has 0 fully saturated rings. The SMILES string of the molecule is C1=CC2C=CC=C(c3ccc4oc5ccc(-c6ccc(-c7cccc(N(c8ccc(-c9ccccc9)cc8)c8cccc(-c9ccccc9)c8)c7)cc6)cc5c4c3)C2C=C1. The second-order valence-corrected chi connectivity index (χ2v) is 15.7. The van der Waals surface area contributed by atoms with Crippen LogP contribution in [0.3, 0.4) is 0 Å². The Morgan fingerprint density at radius 1 is 0.333 bits per heavy atom. The van der Waals surface area contributed by atoms with Crippen LogP contribution in [0.15, 0.2) is 241 Å². The van der Waals surface area contributed by atoms with Gasteiger partial charge in [0, 0.05) is 39.7 Å². The van der Waals surface area contributed by atoms with E-state index in [4.69, 9.17) is 4.42 Å². The van der Waals surface area contributed by atoms with Crippen molar-refractivity contribution in [3.05, 3.63) is 242 Å². The van der Waals surface area contributed by atoms with Crippen LogP contribution < -0.4 is 4.90 Å². The van der Waals surface area contributed by atoms with E-state index in [-0.39, 0.29) is 0 Å². The summed E-state index contributed by atoms with van der Waals surface area (Å²) < 4.78 is 6.36. The van der Waals surface area contributed by atoms with E-state index in [1.165, 1.54) is 44.5 Å². The molecule has 2 aliphatic carbocycles. The normalized spacial score (nSPS) is 15.6. The molecule has 2 nitrogen and oxygen atoms in total. The van der Waals surface area contributed by atoms with Crippen molar-refractivity contribution in [2.45, 2.75) is 0 Å². The maximum absolute atomic E-state index is 6.36. The summed E-state index contributed by atoms with van der Waals surface area (Å²) in [5.74, 6) is 0.753. The third-order valence-corrected chi connectivity index (χ3v) is 12.0. The molecule has 0 amide bonds. The largest absolute Gasteiger partial charge is 0.456 e. The Kier molecular flexibility index (Phi) is 9.02. The molecule has 2 aliphatic rings. The minimum absolute atomic E-state index is 0.353. The van der Waals surface area contributed by atoms with Gasteiger partial charge in [0.2, 0.25) is 0 Å². The molecule has 9 aromatic rings. The highest BCUT2D eigenvalue weighted by Gasteiger charge is 2.24. The first-order valence-corrected chi connectivity index (χ1v) is 20.7. The Morgan fingerprint density at radius 2 is 0.783 bits per heavy atom. The van der Waals surface area contributed by atoms with E-state index < -0.39 is 0 Å². The van der Waals surface area contributed by atoms with Gasteiger partial charge in [-0.15, -0.1) is 0 Å². The lowest BCUT2D eigenvalue weighted by Gasteiger charge is -2.27. The molecule has 0 aliphatic heterocycles.